The van der Waals surface area contributed by atoms with Gasteiger partial charge in [-0.1, -0.05) is 29.8 Å². The van der Waals surface area contributed by atoms with Crippen LogP contribution in [0.2, 0.25) is 5.02 Å². The summed E-state index contributed by atoms with van der Waals surface area (Å²) in [4.78, 5) is 12.4. The number of hydrogen-bond donors (Lipinski definition) is 1. The van der Waals surface area contributed by atoms with E-state index < -0.39 is 10.0 Å². The van der Waals surface area contributed by atoms with Gasteiger partial charge in [-0.25, -0.2) is 8.42 Å². The van der Waals surface area contributed by atoms with Gasteiger partial charge >= 0.3 is 0 Å². The van der Waals surface area contributed by atoms with Gasteiger partial charge in [-0.15, -0.1) is 0 Å². The number of nitrogens with one attached hydrogen (secondary N) is 1. The number of amides is 1. The maximum Gasteiger partial charge on any atom is 0.251 e. The number of benzene rings is 3. The first-order valence-corrected chi connectivity index (χ1v) is 12.4. The van der Waals surface area contributed by atoms with Crippen molar-refractivity contribution in [3.05, 3.63) is 88.9 Å². The maximum atomic E-state index is 12.4. The SMILES string of the molecule is COc1cccc(OCCNC(=O)c2ccc(CN(c3ccc(Cl)cc3)S(C)(=O)=O)cc2)c1. The Bertz CT molecular complexity index is 1180. The molecule has 0 saturated carbocycles. The zero-order valence-corrected chi connectivity index (χ0v) is 19.9. The largest absolute Gasteiger partial charge is 0.497 e. The van der Waals surface area contributed by atoms with E-state index in [4.69, 9.17) is 21.1 Å². The molecule has 0 heterocycles. The summed E-state index contributed by atoms with van der Waals surface area (Å²) >= 11 is 5.91. The van der Waals surface area contributed by atoms with Gasteiger partial charge in [0.05, 0.1) is 32.1 Å². The van der Waals surface area contributed by atoms with Crippen LogP contribution in [0.1, 0.15) is 15.9 Å². The molecule has 0 spiro atoms. The summed E-state index contributed by atoms with van der Waals surface area (Å²) in [5.74, 6) is 1.11. The molecule has 1 amide bonds. The Morgan fingerprint density at radius 1 is 1.00 bits per heavy atom. The number of methoxy groups -OCH3 is 1. The topological polar surface area (TPSA) is 84.9 Å². The smallest absolute Gasteiger partial charge is 0.251 e. The molecule has 3 rings (SSSR count). The lowest BCUT2D eigenvalue weighted by Gasteiger charge is -2.22. The molecule has 0 unspecified atom stereocenters. The number of carbonyl (C=O) groups is 1. The predicted octanol–water partition coefficient (Wildman–Crippen LogP) is 4.12. The van der Waals surface area contributed by atoms with Gasteiger partial charge in [-0.2, -0.15) is 0 Å². The van der Waals surface area contributed by atoms with Crippen LogP contribution < -0.4 is 19.1 Å². The quantitative estimate of drug-likeness (QED) is 0.434. The zero-order chi connectivity index (χ0) is 23.8. The van der Waals surface area contributed by atoms with E-state index in [9.17, 15) is 13.2 Å². The molecule has 3 aromatic carbocycles. The lowest BCUT2D eigenvalue weighted by atomic mass is 10.1. The average Bonchev–Trinajstić information content (AvgIpc) is 2.80. The van der Waals surface area contributed by atoms with Crippen LogP contribution >= 0.6 is 11.6 Å². The summed E-state index contributed by atoms with van der Waals surface area (Å²) in [7, 11) is -1.92. The van der Waals surface area contributed by atoms with Gasteiger partial charge in [0.1, 0.15) is 18.1 Å². The van der Waals surface area contributed by atoms with Crippen LogP contribution in [-0.4, -0.2) is 40.8 Å². The average molecular weight is 489 g/mol. The van der Waals surface area contributed by atoms with Crippen LogP contribution in [-0.2, 0) is 16.6 Å². The highest BCUT2D eigenvalue weighted by atomic mass is 35.5. The third-order valence-corrected chi connectivity index (χ3v) is 6.15. The van der Waals surface area contributed by atoms with Crippen molar-refractivity contribution in [1.29, 1.82) is 0 Å². The third kappa shape index (κ3) is 7.13. The van der Waals surface area contributed by atoms with Crippen molar-refractivity contribution in [3.63, 3.8) is 0 Å². The Morgan fingerprint density at radius 3 is 2.30 bits per heavy atom. The monoisotopic (exact) mass is 488 g/mol. The fourth-order valence-electron chi connectivity index (χ4n) is 3.06. The Balaban J connectivity index is 1.56. The van der Waals surface area contributed by atoms with Crippen molar-refractivity contribution >= 4 is 33.2 Å². The van der Waals surface area contributed by atoms with Crippen LogP contribution in [0.25, 0.3) is 0 Å². The lowest BCUT2D eigenvalue weighted by Crippen LogP contribution is -2.29. The van der Waals surface area contributed by atoms with Crippen molar-refractivity contribution < 1.29 is 22.7 Å². The second kappa shape index (κ2) is 11.1. The molecule has 0 aliphatic heterocycles. The fourth-order valence-corrected chi connectivity index (χ4v) is 4.08. The van der Waals surface area contributed by atoms with Crippen LogP contribution in [0.5, 0.6) is 11.5 Å². The molecule has 3 aromatic rings. The molecular formula is C24H25ClN2O5S. The first-order valence-electron chi connectivity index (χ1n) is 10.1. The molecule has 33 heavy (non-hydrogen) atoms. The second-order valence-corrected chi connectivity index (χ2v) is 9.57. The van der Waals surface area contributed by atoms with Crippen LogP contribution in [0.4, 0.5) is 5.69 Å². The summed E-state index contributed by atoms with van der Waals surface area (Å²) < 4.78 is 36.6. The Labute approximate surface area is 198 Å². The second-order valence-electron chi connectivity index (χ2n) is 7.23. The van der Waals surface area contributed by atoms with E-state index >= 15 is 0 Å². The van der Waals surface area contributed by atoms with Gasteiger partial charge in [0.25, 0.3) is 5.91 Å². The van der Waals surface area contributed by atoms with Crippen molar-refractivity contribution in [2.45, 2.75) is 6.54 Å². The van der Waals surface area contributed by atoms with Gasteiger partial charge in [0.2, 0.25) is 10.0 Å². The van der Waals surface area contributed by atoms with E-state index in [0.29, 0.717) is 40.9 Å². The van der Waals surface area contributed by atoms with Crippen molar-refractivity contribution in [2.75, 3.05) is 30.8 Å². The highest BCUT2D eigenvalue weighted by molar-refractivity contribution is 7.92. The molecule has 9 heteroatoms. The van der Waals surface area contributed by atoms with Crippen molar-refractivity contribution in [1.82, 2.24) is 5.32 Å². The zero-order valence-electron chi connectivity index (χ0n) is 18.3. The molecule has 0 aromatic heterocycles. The first kappa shape index (κ1) is 24.4. The van der Waals surface area contributed by atoms with E-state index in [0.717, 1.165) is 11.8 Å². The number of halogens is 1. The normalized spacial score (nSPS) is 11.0. The number of nitrogens with zero attached hydrogens (tertiary/aromatic N) is 1. The summed E-state index contributed by atoms with van der Waals surface area (Å²) in [6.07, 6.45) is 1.15. The Hall–Kier alpha value is -3.23. The first-order chi connectivity index (χ1) is 15.8. The Kier molecular flexibility index (Phi) is 8.19. The van der Waals surface area contributed by atoms with E-state index in [1.165, 1.54) is 4.31 Å². The molecule has 1 N–H and O–H groups in total. The molecule has 0 atom stereocenters. The van der Waals surface area contributed by atoms with Crippen molar-refractivity contribution in [3.8, 4) is 11.5 Å². The molecule has 0 fully saturated rings. The van der Waals surface area contributed by atoms with E-state index in [-0.39, 0.29) is 12.5 Å². The summed E-state index contributed by atoms with van der Waals surface area (Å²) in [6, 6.07) is 20.6. The van der Waals surface area contributed by atoms with Gasteiger partial charge in [0.15, 0.2) is 0 Å². The highest BCUT2D eigenvalue weighted by Crippen LogP contribution is 2.23. The van der Waals surface area contributed by atoms with E-state index in [1.54, 1.807) is 61.7 Å². The van der Waals surface area contributed by atoms with Gasteiger partial charge < -0.3 is 14.8 Å². The molecular weight excluding hydrogens is 464 g/mol. The number of carbonyl (C=O) groups excluding carboxylic acids is 1. The van der Waals surface area contributed by atoms with E-state index in [1.807, 2.05) is 18.2 Å². The predicted molar refractivity (Wildman–Crippen MR) is 130 cm³/mol. The number of anilines is 1. The molecule has 0 radical (unpaired) electrons. The number of sulfonamides is 1. The number of hydrogen-bond acceptors (Lipinski definition) is 5. The minimum Gasteiger partial charge on any atom is -0.497 e. The minimum absolute atomic E-state index is 0.136. The van der Waals surface area contributed by atoms with Gasteiger partial charge in [-0.3, -0.25) is 9.10 Å². The molecule has 0 saturated heterocycles. The number of rotatable bonds is 10. The van der Waals surface area contributed by atoms with Crippen LogP contribution in [0.3, 0.4) is 0 Å². The van der Waals surface area contributed by atoms with Crippen molar-refractivity contribution in [2.24, 2.45) is 0 Å². The van der Waals surface area contributed by atoms with Crippen LogP contribution in [0.15, 0.2) is 72.8 Å². The fraction of sp³-hybridized carbons (Fsp3) is 0.208. The van der Waals surface area contributed by atoms with Gasteiger partial charge in [-0.05, 0) is 54.1 Å². The van der Waals surface area contributed by atoms with Gasteiger partial charge in [0, 0.05) is 16.7 Å². The third-order valence-electron chi connectivity index (χ3n) is 4.75. The summed E-state index contributed by atoms with van der Waals surface area (Å²) in [6.45, 7) is 0.772. The van der Waals surface area contributed by atoms with E-state index in [2.05, 4.69) is 5.32 Å². The molecule has 7 nitrogen and oxygen atoms in total. The van der Waals surface area contributed by atoms with Crippen LogP contribution in [0, 0.1) is 0 Å². The summed E-state index contributed by atoms with van der Waals surface area (Å²) in [5, 5.41) is 3.32. The molecule has 0 aliphatic carbocycles. The lowest BCUT2D eigenvalue weighted by molar-refractivity contribution is 0.0947. The maximum absolute atomic E-state index is 12.4. The molecule has 0 bridgehead atoms. The molecule has 0 aliphatic rings. The standard InChI is InChI=1S/C24H25ClN2O5S/c1-31-22-4-3-5-23(16-22)32-15-14-26-24(28)19-8-6-18(7-9-19)17-27(33(2,29)30)21-12-10-20(25)11-13-21/h3-13,16H,14-15,17H2,1-2H3,(H,26,28). The molecule has 174 valence electrons. The number of ether oxygens (including phenoxy) is 2. The summed E-state index contributed by atoms with van der Waals surface area (Å²) in [5.41, 5.74) is 1.73. The Morgan fingerprint density at radius 2 is 1.67 bits per heavy atom. The highest BCUT2D eigenvalue weighted by Gasteiger charge is 2.18. The minimum atomic E-state index is -3.51.